The zero-order valence-electron chi connectivity index (χ0n) is 10.1. The van der Waals surface area contributed by atoms with Gasteiger partial charge in [-0.05, 0) is 30.3 Å². The average molecular weight is 299 g/mol. The van der Waals surface area contributed by atoms with Gasteiger partial charge in [0.2, 0.25) is 0 Å². The van der Waals surface area contributed by atoms with Crippen LogP contribution in [0.15, 0.2) is 42.5 Å². The van der Waals surface area contributed by atoms with Crippen molar-refractivity contribution in [3.63, 3.8) is 0 Å². The number of para-hydroxylation sites is 1. The molecular formula is C14H13Cl2FN2. The van der Waals surface area contributed by atoms with Gasteiger partial charge >= 0.3 is 0 Å². The van der Waals surface area contributed by atoms with Gasteiger partial charge in [-0.15, -0.1) is 0 Å². The molecule has 0 fully saturated rings. The van der Waals surface area contributed by atoms with Gasteiger partial charge < -0.3 is 10.6 Å². The maximum atomic E-state index is 13.3. The lowest BCUT2D eigenvalue weighted by molar-refractivity contribution is 0.630. The molecule has 2 N–H and O–H groups in total. The SMILES string of the molecule is Fc1ccccc1NCCNc1cc(Cl)ccc1Cl. The summed E-state index contributed by atoms with van der Waals surface area (Å²) in [6.07, 6.45) is 0. The summed E-state index contributed by atoms with van der Waals surface area (Å²) in [6.45, 7) is 1.18. The van der Waals surface area contributed by atoms with Gasteiger partial charge in [-0.25, -0.2) is 4.39 Å². The van der Waals surface area contributed by atoms with Crippen LogP contribution in [0, 0.1) is 5.82 Å². The summed E-state index contributed by atoms with van der Waals surface area (Å²) in [5.74, 6) is -0.261. The first-order valence-corrected chi connectivity index (χ1v) is 6.60. The lowest BCUT2D eigenvalue weighted by Gasteiger charge is -2.11. The third-order valence-corrected chi connectivity index (χ3v) is 3.12. The molecule has 2 aromatic rings. The number of rotatable bonds is 5. The van der Waals surface area contributed by atoms with E-state index >= 15 is 0 Å². The van der Waals surface area contributed by atoms with Crippen LogP contribution in [0.3, 0.4) is 0 Å². The van der Waals surface area contributed by atoms with E-state index < -0.39 is 0 Å². The van der Waals surface area contributed by atoms with Crippen LogP contribution in [0.4, 0.5) is 15.8 Å². The molecule has 0 aromatic heterocycles. The van der Waals surface area contributed by atoms with E-state index in [0.717, 1.165) is 5.69 Å². The molecule has 100 valence electrons. The molecule has 2 nitrogen and oxygen atoms in total. The molecule has 5 heteroatoms. The Morgan fingerprint density at radius 1 is 0.895 bits per heavy atom. The van der Waals surface area contributed by atoms with E-state index in [-0.39, 0.29) is 5.82 Å². The third-order valence-electron chi connectivity index (χ3n) is 2.56. The molecule has 0 spiro atoms. The van der Waals surface area contributed by atoms with Crippen molar-refractivity contribution in [2.24, 2.45) is 0 Å². The van der Waals surface area contributed by atoms with Gasteiger partial charge in [0.15, 0.2) is 0 Å². The van der Waals surface area contributed by atoms with Crippen molar-refractivity contribution in [2.75, 3.05) is 23.7 Å². The molecule has 2 rings (SSSR count). The number of halogens is 3. The number of hydrogen-bond acceptors (Lipinski definition) is 2. The third kappa shape index (κ3) is 4.01. The van der Waals surface area contributed by atoms with Crippen LogP contribution in [0.25, 0.3) is 0 Å². The molecule has 0 aliphatic heterocycles. The van der Waals surface area contributed by atoms with Crippen LogP contribution in [0.5, 0.6) is 0 Å². The van der Waals surface area contributed by atoms with Crippen molar-refractivity contribution in [2.45, 2.75) is 0 Å². The topological polar surface area (TPSA) is 24.1 Å². The van der Waals surface area contributed by atoms with Crippen LogP contribution in [0.2, 0.25) is 10.0 Å². The minimum atomic E-state index is -0.261. The zero-order chi connectivity index (χ0) is 13.7. The summed E-state index contributed by atoms with van der Waals surface area (Å²) in [7, 11) is 0. The second kappa shape index (κ2) is 6.64. The Bertz CT molecular complexity index is 561. The highest BCUT2D eigenvalue weighted by atomic mass is 35.5. The van der Waals surface area contributed by atoms with E-state index in [0.29, 0.717) is 28.8 Å². The van der Waals surface area contributed by atoms with Crippen LogP contribution < -0.4 is 10.6 Å². The molecule has 0 unspecified atom stereocenters. The lowest BCUT2D eigenvalue weighted by atomic mass is 10.3. The van der Waals surface area contributed by atoms with Gasteiger partial charge in [0.05, 0.1) is 16.4 Å². The Kier molecular flexibility index (Phi) is 4.88. The smallest absolute Gasteiger partial charge is 0.146 e. The Hall–Kier alpha value is -1.45. The maximum Gasteiger partial charge on any atom is 0.146 e. The van der Waals surface area contributed by atoms with E-state index in [2.05, 4.69) is 10.6 Å². The molecule has 0 bridgehead atoms. The molecule has 0 amide bonds. The minimum Gasteiger partial charge on any atom is -0.382 e. The highest BCUT2D eigenvalue weighted by molar-refractivity contribution is 6.35. The quantitative estimate of drug-likeness (QED) is 0.785. The Balaban J connectivity index is 1.84. The summed E-state index contributed by atoms with van der Waals surface area (Å²) < 4.78 is 13.3. The predicted molar refractivity (Wildman–Crippen MR) is 79.8 cm³/mol. The number of hydrogen-bond donors (Lipinski definition) is 2. The van der Waals surface area contributed by atoms with Gasteiger partial charge in [0, 0.05) is 18.1 Å². The largest absolute Gasteiger partial charge is 0.382 e. The van der Waals surface area contributed by atoms with E-state index in [1.165, 1.54) is 6.07 Å². The Morgan fingerprint density at radius 3 is 2.32 bits per heavy atom. The van der Waals surface area contributed by atoms with E-state index in [4.69, 9.17) is 23.2 Å². The van der Waals surface area contributed by atoms with Gasteiger partial charge in [-0.2, -0.15) is 0 Å². The summed E-state index contributed by atoms with van der Waals surface area (Å²) in [5, 5.41) is 7.37. The number of nitrogens with one attached hydrogen (secondary N) is 2. The van der Waals surface area contributed by atoms with Gasteiger partial charge in [-0.1, -0.05) is 35.3 Å². The van der Waals surface area contributed by atoms with Gasteiger partial charge in [0.25, 0.3) is 0 Å². The first-order valence-electron chi connectivity index (χ1n) is 5.84. The van der Waals surface area contributed by atoms with Crippen LogP contribution >= 0.6 is 23.2 Å². The maximum absolute atomic E-state index is 13.3. The molecule has 0 aliphatic carbocycles. The fourth-order valence-corrected chi connectivity index (χ4v) is 1.99. The summed E-state index contributed by atoms with van der Waals surface area (Å²) >= 11 is 11.9. The zero-order valence-corrected chi connectivity index (χ0v) is 11.6. The number of benzene rings is 2. The normalized spacial score (nSPS) is 10.3. The molecule has 0 aliphatic rings. The van der Waals surface area contributed by atoms with Crippen molar-refractivity contribution in [1.29, 1.82) is 0 Å². The van der Waals surface area contributed by atoms with E-state index in [9.17, 15) is 4.39 Å². The van der Waals surface area contributed by atoms with Crippen molar-refractivity contribution >= 4 is 34.6 Å². The van der Waals surface area contributed by atoms with Crippen molar-refractivity contribution in [1.82, 2.24) is 0 Å². The fraction of sp³-hybridized carbons (Fsp3) is 0.143. The van der Waals surface area contributed by atoms with E-state index in [1.807, 2.05) is 0 Å². The first kappa shape index (κ1) is 14.0. The van der Waals surface area contributed by atoms with Crippen LogP contribution in [-0.2, 0) is 0 Å². The Morgan fingerprint density at radius 2 is 1.58 bits per heavy atom. The molecule has 0 radical (unpaired) electrons. The molecular weight excluding hydrogens is 286 g/mol. The summed E-state index contributed by atoms with van der Waals surface area (Å²) in [4.78, 5) is 0. The van der Waals surface area contributed by atoms with E-state index in [1.54, 1.807) is 36.4 Å². The summed E-state index contributed by atoms with van der Waals surface area (Å²) in [6, 6.07) is 11.8. The molecule has 0 saturated carbocycles. The first-order chi connectivity index (χ1) is 9.16. The fourth-order valence-electron chi connectivity index (χ4n) is 1.63. The van der Waals surface area contributed by atoms with Crippen molar-refractivity contribution in [3.05, 3.63) is 58.3 Å². The van der Waals surface area contributed by atoms with Gasteiger partial charge in [0.1, 0.15) is 5.82 Å². The molecule has 0 saturated heterocycles. The highest BCUT2D eigenvalue weighted by Crippen LogP contribution is 2.25. The highest BCUT2D eigenvalue weighted by Gasteiger charge is 2.01. The average Bonchev–Trinajstić information content (AvgIpc) is 2.40. The van der Waals surface area contributed by atoms with Crippen molar-refractivity contribution in [3.8, 4) is 0 Å². The number of anilines is 2. The summed E-state index contributed by atoms with van der Waals surface area (Å²) in [5.41, 5.74) is 1.26. The predicted octanol–water partition coefficient (Wildman–Crippen LogP) is 4.66. The van der Waals surface area contributed by atoms with Crippen LogP contribution in [-0.4, -0.2) is 13.1 Å². The molecule has 0 atom stereocenters. The minimum absolute atomic E-state index is 0.261. The van der Waals surface area contributed by atoms with Crippen molar-refractivity contribution < 1.29 is 4.39 Å². The molecule has 19 heavy (non-hydrogen) atoms. The monoisotopic (exact) mass is 298 g/mol. The van der Waals surface area contributed by atoms with Crippen LogP contribution in [0.1, 0.15) is 0 Å². The lowest BCUT2D eigenvalue weighted by Crippen LogP contribution is -2.14. The second-order valence-electron chi connectivity index (χ2n) is 3.96. The second-order valence-corrected chi connectivity index (χ2v) is 4.80. The Labute approximate surface area is 121 Å². The standard InChI is InChI=1S/C14H13Cl2FN2/c15-10-5-6-11(16)14(9-10)19-8-7-18-13-4-2-1-3-12(13)17/h1-6,9,18-19H,7-8H2. The molecule has 0 heterocycles. The molecule has 2 aromatic carbocycles. The van der Waals surface area contributed by atoms with Gasteiger partial charge in [-0.3, -0.25) is 0 Å².